The fourth-order valence-electron chi connectivity index (χ4n) is 5.93. The van der Waals surface area contributed by atoms with E-state index in [1.165, 1.54) is 71.2 Å². The minimum atomic E-state index is 1.17. The summed E-state index contributed by atoms with van der Waals surface area (Å²) >= 11 is 0. The molecule has 2 heteroatoms. The number of aromatic amines is 1. The molecule has 0 atom stereocenters. The number of nitrogens with one attached hydrogen (secondary N) is 1. The maximum absolute atomic E-state index is 3.75. The van der Waals surface area contributed by atoms with E-state index >= 15 is 0 Å². The summed E-state index contributed by atoms with van der Waals surface area (Å²) < 4.78 is 2.37. The third kappa shape index (κ3) is 2.67. The van der Waals surface area contributed by atoms with Crippen molar-refractivity contribution >= 4 is 54.4 Å². The van der Waals surface area contributed by atoms with Gasteiger partial charge >= 0.3 is 0 Å². The van der Waals surface area contributed by atoms with Crippen LogP contribution in [0.5, 0.6) is 0 Å². The van der Waals surface area contributed by atoms with Crippen LogP contribution in [0.2, 0.25) is 0 Å². The first-order valence-corrected chi connectivity index (χ1v) is 12.4. The molecule has 8 rings (SSSR count). The van der Waals surface area contributed by atoms with Gasteiger partial charge in [-0.2, -0.15) is 0 Å². The Kier molecular flexibility index (Phi) is 3.97. The van der Waals surface area contributed by atoms with E-state index in [1.807, 2.05) is 0 Å². The van der Waals surface area contributed by atoms with Gasteiger partial charge in [0.15, 0.2) is 0 Å². The molecule has 36 heavy (non-hydrogen) atoms. The minimum Gasteiger partial charge on any atom is -0.354 e. The minimum absolute atomic E-state index is 1.17. The second kappa shape index (κ2) is 7.34. The van der Waals surface area contributed by atoms with Crippen LogP contribution in [0.3, 0.4) is 0 Å². The van der Waals surface area contributed by atoms with Gasteiger partial charge < -0.3 is 9.55 Å². The van der Waals surface area contributed by atoms with Gasteiger partial charge in [-0.3, -0.25) is 0 Å². The van der Waals surface area contributed by atoms with Crippen LogP contribution in [0, 0.1) is 0 Å². The molecule has 8 aromatic rings. The summed E-state index contributed by atoms with van der Waals surface area (Å²) in [6.45, 7) is 0. The Labute approximate surface area is 208 Å². The summed E-state index contributed by atoms with van der Waals surface area (Å²) in [5.41, 5.74) is 8.49. The number of para-hydroxylation sites is 3. The fraction of sp³-hybridized carbons (Fsp3) is 0. The van der Waals surface area contributed by atoms with Crippen molar-refractivity contribution in [3.05, 3.63) is 127 Å². The molecule has 6 aromatic carbocycles. The lowest BCUT2D eigenvalue weighted by Crippen LogP contribution is -1.93. The molecular formula is C34H22N2. The molecule has 168 valence electrons. The number of hydrogen-bond donors (Lipinski definition) is 1. The van der Waals surface area contributed by atoms with E-state index in [-0.39, 0.29) is 0 Å². The SMILES string of the molecule is c1ccc(-n2c3ccccc3c3cc(-c4c5ccccc5cc5c4[nH]c4ccccc45)ccc32)cc1. The summed E-state index contributed by atoms with van der Waals surface area (Å²) in [7, 11) is 0. The highest BCUT2D eigenvalue weighted by Crippen LogP contribution is 2.41. The largest absolute Gasteiger partial charge is 0.354 e. The number of rotatable bonds is 2. The van der Waals surface area contributed by atoms with Gasteiger partial charge in [0.1, 0.15) is 0 Å². The fourth-order valence-corrected chi connectivity index (χ4v) is 5.93. The lowest BCUT2D eigenvalue weighted by atomic mass is 9.94. The molecule has 0 unspecified atom stereocenters. The molecule has 0 radical (unpaired) electrons. The van der Waals surface area contributed by atoms with E-state index in [9.17, 15) is 0 Å². The van der Waals surface area contributed by atoms with Crippen LogP contribution in [0.4, 0.5) is 0 Å². The van der Waals surface area contributed by atoms with Crippen LogP contribution in [0.25, 0.3) is 71.2 Å². The molecule has 0 aliphatic heterocycles. The predicted octanol–water partition coefficient (Wildman–Crippen LogP) is 9.24. The van der Waals surface area contributed by atoms with E-state index in [0.717, 1.165) is 0 Å². The average Bonchev–Trinajstić information content (AvgIpc) is 3.47. The highest BCUT2D eigenvalue weighted by molar-refractivity contribution is 6.21. The number of benzene rings is 6. The van der Waals surface area contributed by atoms with Gasteiger partial charge in [-0.25, -0.2) is 0 Å². The molecule has 0 fully saturated rings. The molecule has 0 aliphatic carbocycles. The Morgan fingerprint density at radius 3 is 2.06 bits per heavy atom. The van der Waals surface area contributed by atoms with E-state index in [4.69, 9.17) is 0 Å². The molecular weight excluding hydrogens is 436 g/mol. The van der Waals surface area contributed by atoms with Crippen LogP contribution < -0.4 is 0 Å². The Morgan fingerprint density at radius 2 is 1.17 bits per heavy atom. The molecule has 0 spiro atoms. The quantitative estimate of drug-likeness (QED) is 0.266. The maximum Gasteiger partial charge on any atom is 0.0551 e. The van der Waals surface area contributed by atoms with Gasteiger partial charge in [-0.05, 0) is 58.8 Å². The van der Waals surface area contributed by atoms with Crippen LogP contribution >= 0.6 is 0 Å². The van der Waals surface area contributed by atoms with Crippen molar-refractivity contribution in [1.82, 2.24) is 9.55 Å². The normalized spacial score (nSPS) is 11.9. The number of fused-ring (bicyclic) bond motifs is 7. The number of H-pyrrole nitrogens is 1. The number of aromatic nitrogens is 2. The first-order chi connectivity index (χ1) is 17.9. The molecule has 0 amide bonds. The molecule has 0 saturated heterocycles. The molecule has 2 heterocycles. The molecule has 2 nitrogen and oxygen atoms in total. The summed E-state index contributed by atoms with van der Waals surface area (Å²) in [6.07, 6.45) is 0. The molecule has 0 aliphatic rings. The second-order valence-corrected chi connectivity index (χ2v) is 9.49. The monoisotopic (exact) mass is 458 g/mol. The zero-order chi connectivity index (χ0) is 23.6. The van der Waals surface area contributed by atoms with Gasteiger partial charge in [-0.1, -0.05) is 84.9 Å². The summed E-state index contributed by atoms with van der Waals surface area (Å²) in [5.74, 6) is 0. The topological polar surface area (TPSA) is 20.7 Å². The predicted molar refractivity (Wildman–Crippen MR) is 153 cm³/mol. The molecule has 0 bridgehead atoms. The van der Waals surface area contributed by atoms with E-state index in [2.05, 4.69) is 137 Å². The summed E-state index contributed by atoms with van der Waals surface area (Å²) in [5, 5.41) is 7.60. The molecule has 1 N–H and O–H groups in total. The van der Waals surface area contributed by atoms with Gasteiger partial charge in [0.05, 0.1) is 16.6 Å². The van der Waals surface area contributed by atoms with Gasteiger partial charge in [-0.15, -0.1) is 0 Å². The van der Waals surface area contributed by atoms with Crippen molar-refractivity contribution in [3.8, 4) is 16.8 Å². The Morgan fingerprint density at radius 1 is 0.472 bits per heavy atom. The van der Waals surface area contributed by atoms with Crippen molar-refractivity contribution in [2.24, 2.45) is 0 Å². The third-order valence-corrected chi connectivity index (χ3v) is 7.50. The Bertz CT molecular complexity index is 2090. The Hall–Kier alpha value is -4.82. The lowest BCUT2D eigenvalue weighted by Gasteiger charge is -2.11. The second-order valence-electron chi connectivity index (χ2n) is 9.49. The van der Waals surface area contributed by atoms with Crippen molar-refractivity contribution in [1.29, 1.82) is 0 Å². The highest BCUT2D eigenvalue weighted by Gasteiger charge is 2.17. The molecule has 2 aromatic heterocycles. The first kappa shape index (κ1) is 19.5. The van der Waals surface area contributed by atoms with Crippen molar-refractivity contribution in [2.45, 2.75) is 0 Å². The van der Waals surface area contributed by atoms with Crippen molar-refractivity contribution in [3.63, 3.8) is 0 Å². The highest BCUT2D eigenvalue weighted by atomic mass is 15.0. The maximum atomic E-state index is 3.75. The van der Waals surface area contributed by atoms with Crippen LogP contribution in [-0.2, 0) is 0 Å². The van der Waals surface area contributed by atoms with Gasteiger partial charge in [0.25, 0.3) is 0 Å². The summed E-state index contributed by atoms with van der Waals surface area (Å²) in [4.78, 5) is 3.75. The van der Waals surface area contributed by atoms with Crippen molar-refractivity contribution < 1.29 is 0 Å². The van der Waals surface area contributed by atoms with E-state index < -0.39 is 0 Å². The van der Waals surface area contributed by atoms with E-state index in [0.29, 0.717) is 0 Å². The number of hydrogen-bond acceptors (Lipinski definition) is 0. The summed E-state index contributed by atoms with van der Waals surface area (Å²) in [6, 6.07) is 46.0. The Balaban J connectivity index is 1.50. The zero-order valence-corrected chi connectivity index (χ0v) is 19.6. The van der Waals surface area contributed by atoms with Gasteiger partial charge in [0, 0.05) is 38.3 Å². The zero-order valence-electron chi connectivity index (χ0n) is 19.6. The first-order valence-electron chi connectivity index (χ1n) is 12.4. The lowest BCUT2D eigenvalue weighted by molar-refractivity contribution is 1.18. The average molecular weight is 459 g/mol. The number of nitrogens with zero attached hydrogens (tertiary/aromatic N) is 1. The van der Waals surface area contributed by atoms with E-state index in [1.54, 1.807) is 0 Å². The van der Waals surface area contributed by atoms with Crippen LogP contribution in [0.15, 0.2) is 127 Å². The van der Waals surface area contributed by atoms with Crippen molar-refractivity contribution in [2.75, 3.05) is 0 Å². The third-order valence-electron chi connectivity index (χ3n) is 7.50. The van der Waals surface area contributed by atoms with Crippen LogP contribution in [0.1, 0.15) is 0 Å². The molecule has 0 saturated carbocycles. The standard InChI is InChI=1S/C34H22N2/c1-2-11-24(12-3-1)36-31-17-9-7-15-27(31)28-21-23(18-19-32(28)36)33-25-13-5-4-10-22(25)20-29-26-14-6-8-16-30(26)35-34(29)33/h1-21,35H. The van der Waals surface area contributed by atoms with Crippen LogP contribution in [-0.4, -0.2) is 9.55 Å². The van der Waals surface area contributed by atoms with Gasteiger partial charge in [0.2, 0.25) is 0 Å². The smallest absolute Gasteiger partial charge is 0.0551 e.